The predicted octanol–water partition coefficient (Wildman–Crippen LogP) is 3.45. The Morgan fingerprint density at radius 2 is 1.61 bits per heavy atom. The molecular formula is C13H8ClN3O. The average molecular weight is 258 g/mol. The third kappa shape index (κ3) is 2.10. The van der Waals surface area contributed by atoms with Gasteiger partial charge in [0, 0.05) is 28.5 Å². The highest BCUT2D eigenvalue weighted by Gasteiger charge is 2.09. The lowest BCUT2D eigenvalue weighted by Gasteiger charge is -1.93. The normalized spacial score (nSPS) is 10.5. The predicted molar refractivity (Wildman–Crippen MR) is 68.0 cm³/mol. The lowest BCUT2D eigenvalue weighted by Crippen LogP contribution is -1.81. The second-order valence-electron chi connectivity index (χ2n) is 3.67. The van der Waals surface area contributed by atoms with E-state index in [1.807, 2.05) is 24.3 Å². The molecule has 0 amide bonds. The van der Waals surface area contributed by atoms with Gasteiger partial charge < -0.3 is 4.52 Å². The summed E-state index contributed by atoms with van der Waals surface area (Å²) in [6, 6.07) is 10.9. The summed E-state index contributed by atoms with van der Waals surface area (Å²) in [7, 11) is 0. The summed E-state index contributed by atoms with van der Waals surface area (Å²) in [4.78, 5) is 8.27. The zero-order valence-corrected chi connectivity index (χ0v) is 10.0. The number of halogens is 1. The van der Waals surface area contributed by atoms with Crippen molar-refractivity contribution in [2.75, 3.05) is 0 Å². The van der Waals surface area contributed by atoms with E-state index in [-0.39, 0.29) is 0 Å². The van der Waals surface area contributed by atoms with Crippen LogP contribution in [0.25, 0.3) is 22.8 Å². The summed E-state index contributed by atoms with van der Waals surface area (Å²) in [5, 5.41) is 4.62. The van der Waals surface area contributed by atoms with E-state index in [1.165, 1.54) is 0 Å². The van der Waals surface area contributed by atoms with Gasteiger partial charge in [-0.2, -0.15) is 4.98 Å². The fraction of sp³-hybridized carbons (Fsp3) is 0. The summed E-state index contributed by atoms with van der Waals surface area (Å²) < 4.78 is 5.21. The van der Waals surface area contributed by atoms with Gasteiger partial charge in [0.1, 0.15) is 0 Å². The van der Waals surface area contributed by atoms with Crippen molar-refractivity contribution in [1.82, 2.24) is 15.1 Å². The Balaban J connectivity index is 1.97. The zero-order valence-electron chi connectivity index (χ0n) is 9.25. The monoisotopic (exact) mass is 257 g/mol. The highest BCUT2D eigenvalue weighted by atomic mass is 35.5. The third-order valence-electron chi connectivity index (χ3n) is 2.46. The standard InChI is InChI=1S/C13H8ClN3O/c14-11-3-1-9(2-4-11)12-16-13(18-17-12)10-5-7-15-8-6-10/h1-8H. The van der Waals surface area contributed by atoms with Crippen LogP contribution >= 0.6 is 11.6 Å². The van der Waals surface area contributed by atoms with Crippen LogP contribution in [0.1, 0.15) is 0 Å². The SMILES string of the molecule is Clc1ccc(-c2noc(-c3ccncc3)n2)cc1. The van der Waals surface area contributed by atoms with Gasteiger partial charge in [0.05, 0.1) is 0 Å². The minimum atomic E-state index is 0.474. The third-order valence-corrected chi connectivity index (χ3v) is 2.71. The summed E-state index contributed by atoms with van der Waals surface area (Å²) in [6.45, 7) is 0. The molecule has 0 bridgehead atoms. The largest absolute Gasteiger partial charge is 0.334 e. The molecular weight excluding hydrogens is 250 g/mol. The number of benzene rings is 1. The van der Waals surface area contributed by atoms with Crippen molar-refractivity contribution < 1.29 is 4.52 Å². The first kappa shape index (κ1) is 10.9. The molecule has 0 aliphatic carbocycles. The number of hydrogen-bond donors (Lipinski definition) is 0. The topological polar surface area (TPSA) is 51.8 Å². The maximum absolute atomic E-state index is 5.83. The molecule has 0 radical (unpaired) electrons. The molecule has 88 valence electrons. The lowest BCUT2D eigenvalue weighted by molar-refractivity contribution is 0.432. The Hall–Kier alpha value is -2.20. The van der Waals surface area contributed by atoms with Crippen LogP contribution in [0.4, 0.5) is 0 Å². The Kier molecular flexibility index (Phi) is 2.78. The van der Waals surface area contributed by atoms with Crippen molar-refractivity contribution in [2.45, 2.75) is 0 Å². The van der Waals surface area contributed by atoms with Gasteiger partial charge in [-0.3, -0.25) is 4.98 Å². The molecule has 0 atom stereocenters. The molecule has 4 nitrogen and oxygen atoms in total. The average Bonchev–Trinajstić information content (AvgIpc) is 2.90. The lowest BCUT2D eigenvalue weighted by atomic mass is 10.2. The van der Waals surface area contributed by atoms with Crippen molar-refractivity contribution in [3.05, 3.63) is 53.8 Å². The smallest absolute Gasteiger partial charge is 0.258 e. The van der Waals surface area contributed by atoms with Gasteiger partial charge in [-0.1, -0.05) is 16.8 Å². The van der Waals surface area contributed by atoms with E-state index < -0.39 is 0 Å². The summed E-state index contributed by atoms with van der Waals surface area (Å²) >= 11 is 5.83. The molecule has 0 aliphatic rings. The minimum absolute atomic E-state index is 0.474. The van der Waals surface area contributed by atoms with Gasteiger partial charge in [0.15, 0.2) is 0 Å². The first-order valence-electron chi connectivity index (χ1n) is 5.33. The molecule has 0 aliphatic heterocycles. The van der Waals surface area contributed by atoms with Crippen molar-refractivity contribution in [3.63, 3.8) is 0 Å². The van der Waals surface area contributed by atoms with Gasteiger partial charge in [0.25, 0.3) is 5.89 Å². The molecule has 1 aromatic carbocycles. The van der Waals surface area contributed by atoms with Crippen LogP contribution in [0.3, 0.4) is 0 Å². The fourth-order valence-electron chi connectivity index (χ4n) is 1.55. The second kappa shape index (κ2) is 4.58. The highest BCUT2D eigenvalue weighted by Crippen LogP contribution is 2.22. The number of nitrogens with zero attached hydrogens (tertiary/aromatic N) is 3. The molecule has 5 heteroatoms. The Labute approximate surface area is 108 Å². The Bertz CT molecular complexity index is 650. The van der Waals surface area contributed by atoms with Crippen molar-refractivity contribution >= 4 is 11.6 Å². The molecule has 3 aromatic rings. The van der Waals surface area contributed by atoms with Gasteiger partial charge in [-0.15, -0.1) is 0 Å². The molecule has 3 rings (SSSR count). The Morgan fingerprint density at radius 3 is 2.33 bits per heavy atom. The van der Waals surface area contributed by atoms with E-state index in [2.05, 4.69) is 15.1 Å². The molecule has 0 unspecified atom stereocenters. The van der Waals surface area contributed by atoms with Crippen LogP contribution in [0.2, 0.25) is 5.02 Å². The van der Waals surface area contributed by atoms with E-state index in [1.54, 1.807) is 24.5 Å². The van der Waals surface area contributed by atoms with Crippen molar-refractivity contribution in [3.8, 4) is 22.8 Å². The zero-order chi connectivity index (χ0) is 12.4. The van der Waals surface area contributed by atoms with E-state index in [9.17, 15) is 0 Å². The summed E-state index contributed by atoms with van der Waals surface area (Å²) in [6.07, 6.45) is 3.36. The molecule has 18 heavy (non-hydrogen) atoms. The van der Waals surface area contributed by atoms with E-state index in [4.69, 9.17) is 16.1 Å². The van der Waals surface area contributed by atoms with Crippen LogP contribution in [0.5, 0.6) is 0 Å². The first-order chi connectivity index (χ1) is 8.83. The molecule has 0 fully saturated rings. The first-order valence-corrected chi connectivity index (χ1v) is 5.71. The highest BCUT2D eigenvalue weighted by molar-refractivity contribution is 6.30. The second-order valence-corrected chi connectivity index (χ2v) is 4.10. The van der Waals surface area contributed by atoms with Crippen LogP contribution in [-0.2, 0) is 0 Å². The van der Waals surface area contributed by atoms with Crippen molar-refractivity contribution in [2.24, 2.45) is 0 Å². The van der Waals surface area contributed by atoms with Crippen LogP contribution in [0.15, 0.2) is 53.3 Å². The van der Waals surface area contributed by atoms with Crippen molar-refractivity contribution in [1.29, 1.82) is 0 Å². The van der Waals surface area contributed by atoms with Gasteiger partial charge >= 0.3 is 0 Å². The maximum atomic E-state index is 5.83. The van der Waals surface area contributed by atoms with Gasteiger partial charge in [0.2, 0.25) is 5.82 Å². The molecule has 2 aromatic heterocycles. The van der Waals surface area contributed by atoms with Crippen LogP contribution in [-0.4, -0.2) is 15.1 Å². The summed E-state index contributed by atoms with van der Waals surface area (Å²) in [5.41, 5.74) is 1.71. The number of aromatic nitrogens is 3. The minimum Gasteiger partial charge on any atom is -0.334 e. The van der Waals surface area contributed by atoms with Crippen LogP contribution < -0.4 is 0 Å². The molecule has 0 spiro atoms. The quantitative estimate of drug-likeness (QED) is 0.706. The molecule has 0 saturated heterocycles. The van der Waals surface area contributed by atoms with Gasteiger partial charge in [-0.05, 0) is 36.4 Å². The molecule has 2 heterocycles. The summed E-state index contributed by atoms with van der Waals surface area (Å²) in [5.74, 6) is 1.01. The number of hydrogen-bond acceptors (Lipinski definition) is 4. The maximum Gasteiger partial charge on any atom is 0.258 e. The van der Waals surface area contributed by atoms with Crippen LogP contribution in [0, 0.1) is 0 Å². The molecule has 0 N–H and O–H groups in total. The number of pyridine rings is 1. The number of rotatable bonds is 2. The Morgan fingerprint density at radius 1 is 0.889 bits per heavy atom. The fourth-order valence-corrected chi connectivity index (χ4v) is 1.68. The molecule has 0 saturated carbocycles. The van der Waals surface area contributed by atoms with Gasteiger partial charge in [-0.25, -0.2) is 0 Å². The van der Waals surface area contributed by atoms with E-state index >= 15 is 0 Å². The van der Waals surface area contributed by atoms with E-state index in [0.29, 0.717) is 16.7 Å². The van der Waals surface area contributed by atoms with E-state index in [0.717, 1.165) is 11.1 Å².